The molecule has 8 fully saturated rings. The number of hydrogen-bond donors (Lipinski definition) is 3. The maximum absolute atomic E-state index is 12.4. The number of morpholine rings is 1. The van der Waals surface area contributed by atoms with Gasteiger partial charge in [0.15, 0.2) is 6.29 Å². The van der Waals surface area contributed by atoms with Crippen LogP contribution in [-0.2, 0) is 18.9 Å². The zero-order valence-electron chi connectivity index (χ0n) is 29.7. The standard InChI is InChI=1S/C38H63NO7/c1-22-18-24(31(40)34(4,5)42)45-30-29(22)35(6)13-14-38-21-37(38)12-10-27(46-28-19-39(15-17-44-28)23-11-16-43-20-23)33(2,3)25(37)8-9-26(38)36(35,7)32(30)41/h22-32,40-42H,8-21H2,1-7H3/t22-,23-,24?,25+,26+,27+,28?,29?,30?,31+,32+,35-,36-,37-,38?/m1/s1. The summed E-state index contributed by atoms with van der Waals surface area (Å²) in [6.07, 6.45) is 7.91. The Kier molecular flexibility index (Phi) is 7.57. The Hall–Kier alpha value is -0.320. The quantitative estimate of drug-likeness (QED) is 0.394. The lowest BCUT2D eigenvalue weighted by atomic mass is 9.41. The van der Waals surface area contributed by atoms with Crippen molar-refractivity contribution in [1.29, 1.82) is 0 Å². The van der Waals surface area contributed by atoms with Gasteiger partial charge >= 0.3 is 0 Å². The highest BCUT2D eigenvalue weighted by atomic mass is 16.7. The van der Waals surface area contributed by atoms with Crippen molar-refractivity contribution in [2.75, 3.05) is 32.9 Å². The maximum Gasteiger partial charge on any atom is 0.170 e. The van der Waals surface area contributed by atoms with E-state index in [4.69, 9.17) is 18.9 Å². The van der Waals surface area contributed by atoms with Crippen LogP contribution in [0.4, 0.5) is 0 Å². The van der Waals surface area contributed by atoms with Crippen LogP contribution < -0.4 is 0 Å². The second kappa shape index (κ2) is 10.6. The van der Waals surface area contributed by atoms with Crippen LogP contribution in [0.3, 0.4) is 0 Å². The number of nitrogens with zero attached hydrogens (tertiary/aromatic N) is 1. The lowest BCUT2D eigenvalue weighted by Crippen LogP contribution is -2.60. The zero-order valence-corrected chi connectivity index (χ0v) is 29.7. The number of aliphatic hydroxyl groups is 3. The summed E-state index contributed by atoms with van der Waals surface area (Å²) in [4.78, 5) is 2.53. The van der Waals surface area contributed by atoms with E-state index in [0.717, 1.165) is 65.0 Å². The van der Waals surface area contributed by atoms with E-state index >= 15 is 0 Å². The van der Waals surface area contributed by atoms with E-state index in [9.17, 15) is 15.3 Å². The first-order valence-electron chi connectivity index (χ1n) is 18.9. The van der Waals surface area contributed by atoms with Gasteiger partial charge in [0.05, 0.1) is 43.2 Å². The van der Waals surface area contributed by atoms with E-state index in [1.165, 1.54) is 25.7 Å². The highest BCUT2D eigenvalue weighted by molar-refractivity contribution is 5.33. The molecule has 5 saturated carbocycles. The second-order valence-electron chi connectivity index (χ2n) is 19.1. The second-order valence-corrected chi connectivity index (χ2v) is 19.1. The Morgan fingerprint density at radius 3 is 2.41 bits per heavy atom. The summed E-state index contributed by atoms with van der Waals surface area (Å²) in [5.74, 6) is 1.66. The summed E-state index contributed by atoms with van der Waals surface area (Å²) < 4.78 is 25.5. The molecule has 0 aromatic carbocycles. The predicted molar refractivity (Wildman–Crippen MR) is 174 cm³/mol. The fraction of sp³-hybridized carbons (Fsp3) is 1.00. The zero-order chi connectivity index (χ0) is 32.7. The summed E-state index contributed by atoms with van der Waals surface area (Å²) in [6.45, 7) is 19.7. The van der Waals surface area contributed by atoms with Crippen molar-refractivity contribution in [3.63, 3.8) is 0 Å². The molecule has 8 heteroatoms. The van der Waals surface area contributed by atoms with Gasteiger partial charge < -0.3 is 34.3 Å². The molecule has 8 nitrogen and oxygen atoms in total. The molecule has 8 aliphatic rings. The van der Waals surface area contributed by atoms with Crippen LogP contribution in [-0.4, -0.2) is 102 Å². The SMILES string of the molecule is C[C@@H]1CC([C@H](O)C(C)(C)O)OC2C1[C@@]1(C)CCC34C[C@@]35CC[C@H](OC3CN([C@@H]6CCOC6)CCO3)C(C)(C)[C@@H]5CC[C@H]4[C@]1(C)[C@H]2O. The van der Waals surface area contributed by atoms with Crippen molar-refractivity contribution < 1.29 is 34.3 Å². The monoisotopic (exact) mass is 645 g/mol. The number of ether oxygens (including phenoxy) is 4. The number of hydrogen-bond acceptors (Lipinski definition) is 8. The fourth-order valence-corrected chi connectivity index (χ4v) is 14.3. The first-order chi connectivity index (χ1) is 21.6. The maximum atomic E-state index is 12.4. The summed E-state index contributed by atoms with van der Waals surface area (Å²) >= 11 is 0. The lowest BCUT2D eigenvalue weighted by Gasteiger charge is -2.64. The molecule has 0 radical (unpaired) electrons. The molecule has 0 aromatic rings. The molecule has 46 heavy (non-hydrogen) atoms. The minimum Gasteiger partial charge on any atom is -0.390 e. The van der Waals surface area contributed by atoms with Crippen molar-refractivity contribution >= 4 is 0 Å². The van der Waals surface area contributed by atoms with E-state index in [2.05, 4.69) is 39.5 Å². The molecule has 3 aliphatic heterocycles. The van der Waals surface area contributed by atoms with Gasteiger partial charge in [0.1, 0.15) is 6.10 Å². The molecule has 2 spiro atoms. The molecule has 15 atom stereocenters. The molecule has 0 aromatic heterocycles. The number of aliphatic hydroxyl groups excluding tert-OH is 2. The number of fused-ring (bicyclic) bond motifs is 4. The van der Waals surface area contributed by atoms with Crippen molar-refractivity contribution in [2.24, 2.45) is 50.7 Å². The summed E-state index contributed by atoms with van der Waals surface area (Å²) in [5.41, 5.74) is -0.804. The topological polar surface area (TPSA) is 101 Å². The Bertz CT molecular complexity index is 1180. The van der Waals surface area contributed by atoms with Gasteiger partial charge in [-0.25, -0.2) is 0 Å². The smallest absolute Gasteiger partial charge is 0.170 e. The van der Waals surface area contributed by atoms with Crippen molar-refractivity contribution in [3.05, 3.63) is 0 Å². The molecule has 3 N–H and O–H groups in total. The van der Waals surface area contributed by atoms with Crippen molar-refractivity contribution in [1.82, 2.24) is 4.90 Å². The summed E-state index contributed by atoms with van der Waals surface area (Å²) in [6, 6.07) is 0.498. The molecule has 3 saturated heterocycles. The normalized spacial score (nSPS) is 55.4. The first kappa shape index (κ1) is 32.9. The van der Waals surface area contributed by atoms with Crippen LogP contribution in [0.2, 0.25) is 0 Å². The van der Waals surface area contributed by atoms with E-state index in [1.807, 2.05) is 0 Å². The molecule has 8 rings (SSSR count). The molecular weight excluding hydrogens is 582 g/mol. The van der Waals surface area contributed by atoms with Crippen molar-refractivity contribution in [2.45, 2.75) is 155 Å². The van der Waals surface area contributed by atoms with E-state index < -0.39 is 23.9 Å². The Morgan fingerprint density at radius 1 is 0.957 bits per heavy atom. The third-order valence-electron chi connectivity index (χ3n) is 16.6. The lowest BCUT2D eigenvalue weighted by molar-refractivity contribution is -0.251. The Balaban J connectivity index is 1.02. The third kappa shape index (κ3) is 4.26. The van der Waals surface area contributed by atoms with Crippen molar-refractivity contribution in [3.8, 4) is 0 Å². The molecule has 3 heterocycles. The average Bonchev–Trinajstić information content (AvgIpc) is 3.26. The van der Waals surface area contributed by atoms with E-state index in [0.29, 0.717) is 29.2 Å². The summed E-state index contributed by atoms with van der Waals surface area (Å²) in [7, 11) is 0. The minimum absolute atomic E-state index is 0.0158. The Morgan fingerprint density at radius 2 is 1.70 bits per heavy atom. The van der Waals surface area contributed by atoms with Gasteiger partial charge in [0.25, 0.3) is 0 Å². The van der Waals surface area contributed by atoms with Gasteiger partial charge in [-0.1, -0.05) is 34.6 Å². The van der Waals surface area contributed by atoms with Crippen LogP contribution in [0.15, 0.2) is 0 Å². The highest BCUT2D eigenvalue weighted by Gasteiger charge is 2.84. The first-order valence-corrected chi connectivity index (χ1v) is 18.9. The fourth-order valence-electron chi connectivity index (χ4n) is 14.3. The predicted octanol–water partition coefficient (Wildman–Crippen LogP) is 4.76. The molecule has 262 valence electrons. The third-order valence-corrected chi connectivity index (χ3v) is 16.6. The molecule has 0 amide bonds. The van der Waals surface area contributed by atoms with Gasteiger partial charge in [-0.15, -0.1) is 0 Å². The van der Waals surface area contributed by atoms with Gasteiger partial charge in [-0.2, -0.15) is 0 Å². The van der Waals surface area contributed by atoms with Gasteiger partial charge in [-0.05, 0) is 117 Å². The van der Waals surface area contributed by atoms with Crippen LogP contribution in [0.25, 0.3) is 0 Å². The van der Waals surface area contributed by atoms with Crippen LogP contribution in [0.5, 0.6) is 0 Å². The van der Waals surface area contributed by atoms with Gasteiger partial charge in [-0.3, -0.25) is 4.90 Å². The van der Waals surface area contributed by atoms with Crippen LogP contribution in [0, 0.1) is 50.7 Å². The minimum atomic E-state index is -1.24. The van der Waals surface area contributed by atoms with Crippen LogP contribution in [0.1, 0.15) is 106 Å². The summed E-state index contributed by atoms with van der Waals surface area (Å²) in [5, 5.41) is 34.1. The van der Waals surface area contributed by atoms with Gasteiger partial charge in [0.2, 0.25) is 0 Å². The largest absolute Gasteiger partial charge is 0.390 e. The Labute approximate surface area is 277 Å². The molecule has 0 bridgehead atoms. The molecule has 5 unspecified atom stereocenters. The van der Waals surface area contributed by atoms with Gasteiger partial charge in [0, 0.05) is 31.2 Å². The van der Waals surface area contributed by atoms with E-state index in [-0.39, 0.29) is 46.1 Å². The molecule has 5 aliphatic carbocycles. The van der Waals surface area contributed by atoms with Crippen LogP contribution >= 0.6 is 0 Å². The molecular formula is C38H63NO7. The number of rotatable bonds is 5. The highest BCUT2D eigenvalue weighted by Crippen LogP contribution is 2.89. The van der Waals surface area contributed by atoms with E-state index in [1.54, 1.807) is 13.8 Å². The average molecular weight is 646 g/mol.